The van der Waals surface area contributed by atoms with Crippen LogP contribution >= 0.6 is 0 Å². The topological polar surface area (TPSA) is 42.6 Å². The first-order valence-electron chi connectivity index (χ1n) is 12.8. The van der Waals surface area contributed by atoms with Crippen LogP contribution in [0.25, 0.3) is 0 Å². The summed E-state index contributed by atoms with van der Waals surface area (Å²) in [7, 11) is 4.35. The normalized spacial score (nSPS) is 24.6. The summed E-state index contributed by atoms with van der Waals surface area (Å²) >= 11 is 0. The average molecular weight is 458 g/mol. The Kier molecular flexibility index (Phi) is 7.22. The van der Waals surface area contributed by atoms with Crippen molar-refractivity contribution in [3.05, 3.63) is 23.8 Å². The summed E-state index contributed by atoms with van der Waals surface area (Å²) in [6, 6.07) is 7.97. The van der Waals surface area contributed by atoms with Gasteiger partial charge in [0, 0.05) is 52.7 Å². The Labute approximate surface area is 204 Å². The van der Waals surface area contributed by atoms with Gasteiger partial charge in [-0.2, -0.15) is 0 Å². The molecule has 0 atom stereocenters. The Morgan fingerprint density at radius 2 is 1.24 bits per heavy atom. The van der Waals surface area contributed by atoms with Crippen LogP contribution in [0.4, 0.5) is 11.4 Å². The van der Waals surface area contributed by atoms with Gasteiger partial charge in [-0.3, -0.25) is 4.90 Å². The van der Waals surface area contributed by atoms with Gasteiger partial charge < -0.3 is 20.9 Å². The van der Waals surface area contributed by atoms with Crippen molar-refractivity contribution < 1.29 is 0 Å². The van der Waals surface area contributed by atoms with Crippen LogP contribution in [-0.4, -0.2) is 59.9 Å². The first-order valence-corrected chi connectivity index (χ1v) is 12.8. The number of rotatable bonds is 6. The predicted molar refractivity (Wildman–Crippen MR) is 144 cm³/mol. The molecule has 188 valence electrons. The fourth-order valence-corrected chi connectivity index (χ4v) is 6.91. The van der Waals surface area contributed by atoms with Crippen molar-refractivity contribution in [3.8, 4) is 0 Å². The van der Waals surface area contributed by atoms with Gasteiger partial charge in [-0.05, 0) is 119 Å². The Morgan fingerprint density at radius 1 is 0.788 bits per heavy atom. The maximum absolute atomic E-state index is 3.88. The van der Waals surface area contributed by atoms with E-state index < -0.39 is 0 Å². The highest BCUT2D eigenvalue weighted by Gasteiger charge is 2.42. The molecule has 2 aliphatic heterocycles. The Morgan fingerprint density at radius 3 is 1.70 bits per heavy atom. The molecule has 2 aliphatic rings. The molecule has 0 saturated carbocycles. The largest absolute Gasteiger partial charge is 0.388 e. The molecule has 3 rings (SSSR count). The van der Waals surface area contributed by atoms with Gasteiger partial charge in [0.25, 0.3) is 0 Å². The molecule has 0 bridgehead atoms. The maximum atomic E-state index is 3.88. The van der Waals surface area contributed by atoms with Crippen LogP contribution in [0.1, 0.15) is 86.6 Å². The first-order chi connectivity index (χ1) is 15.0. The first kappa shape index (κ1) is 26.3. The molecule has 0 aliphatic carbocycles. The number of hydrogen-bond donors (Lipinski definition) is 3. The van der Waals surface area contributed by atoms with Gasteiger partial charge in [-0.25, -0.2) is 0 Å². The second-order valence-electron chi connectivity index (χ2n) is 13.6. The molecule has 2 heterocycles. The van der Waals surface area contributed by atoms with Gasteiger partial charge in [-0.1, -0.05) is 0 Å². The van der Waals surface area contributed by atoms with E-state index in [1.807, 2.05) is 7.05 Å². The monoisotopic (exact) mass is 457 g/mol. The molecule has 0 radical (unpaired) electrons. The summed E-state index contributed by atoms with van der Waals surface area (Å²) in [6.07, 6.45) is 4.60. The molecule has 0 unspecified atom stereocenters. The van der Waals surface area contributed by atoms with Crippen LogP contribution in [0.3, 0.4) is 0 Å². The lowest BCUT2D eigenvalue weighted by molar-refractivity contribution is 0.0761. The molecule has 1 aromatic carbocycles. The maximum Gasteiger partial charge on any atom is 0.0710 e. The minimum atomic E-state index is 0.109. The van der Waals surface area contributed by atoms with E-state index in [0.717, 1.165) is 19.5 Å². The molecular formula is C28H51N5. The average Bonchev–Trinajstić information content (AvgIpc) is 2.60. The van der Waals surface area contributed by atoms with Gasteiger partial charge in [-0.15, -0.1) is 0 Å². The Hall–Kier alpha value is -1.30. The zero-order valence-corrected chi connectivity index (χ0v) is 23.3. The third-order valence-electron chi connectivity index (χ3n) is 7.46. The van der Waals surface area contributed by atoms with Crippen LogP contribution in [0.5, 0.6) is 0 Å². The van der Waals surface area contributed by atoms with Crippen LogP contribution in [0, 0.1) is 6.92 Å². The van der Waals surface area contributed by atoms with Crippen LogP contribution in [0.15, 0.2) is 18.2 Å². The highest BCUT2D eigenvalue weighted by Crippen LogP contribution is 2.37. The molecule has 2 saturated heterocycles. The minimum Gasteiger partial charge on any atom is -0.388 e. The Bertz CT molecular complexity index is 794. The Balaban J connectivity index is 1.95. The fourth-order valence-electron chi connectivity index (χ4n) is 6.91. The van der Waals surface area contributed by atoms with Crippen molar-refractivity contribution in [2.45, 2.75) is 122 Å². The third kappa shape index (κ3) is 6.86. The number of aryl methyl sites for hydroxylation is 1. The molecule has 0 amide bonds. The van der Waals surface area contributed by atoms with Crippen molar-refractivity contribution in [2.75, 3.05) is 31.0 Å². The fraction of sp³-hybridized carbons (Fsp3) is 0.786. The summed E-state index contributed by atoms with van der Waals surface area (Å²) < 4.78 is 0. The lowest BCUT2D eigenvalue weighted by Gasteiger charge is -2.53. The molecule has 3 N–H and O–H groups in total. The molecule has 5 heteroatoms. The van der Waals surface area contributed by atoms with Gasteiger partial charge >= 0.3 is 0 Å². The number of piperidine rings is 2. The van der Waals surface area contributed by atoms with E-state index in [2.05, 4.69) is 113 Å². The zero-order chi connectivity index (χ0) is 24.8. The van der Waals surface area contributed by atoms with Crippen molar-refractivity contribution in [1.29, 1.82) is 0 Å². The number of nitrogens with zero attached hydrogens (tertiary/aromatic N) is 2. The SMILES string of the molecule is CNc1cc(C)cc(N(CN(C)C2CC(C)(C)NC(C)(C)C2)C2CC(C)(C)NC(C)(C)C2)c1. The summed E-state index contributed by atoms with van der Waals surface area (Å²) in [5.41, 5.74) is 4.34. The lowest BCUT2D eigenvalue weighted by Crippen LogP contribution is -2.65. The van der Waals surface area contributed by atoms with Gasteiger partial charge in [0.1, 0.15) is 0 Å². The smallest absolute Gasteiger partial charge is 0.0710 e. The molecule has 0 aromatic heterocycles. The van der Waals surface area contributed by atoms with E-state index in [-0.39, 0.29) is 22.2 Å². The zero-order valence-electron chi connectivity index (χ0n) is 23.3. The van der Waals surface area contributed by atoms with E-state index in [4.69, 9.17) is 0 Å². The number of anilines is 2. The summed E-state index contributed by atoms with van der Waals surface area (Å²) in [5.74, 6) is 0. The molecular weight excluding hydrogens is 406 g/mol. The highest BCUT2D eigenvalue weighted by molar-refractivity contribution is 5.60. The number of nitrogens with one attached hydrogen (secondary N) is 3. The number of benzene rings is 1. The highest BCUT2D eigenvalue weighted by atomic mass is 15.3. The van der Waals surface area contributed by atoms with Crippen LogP contribution in [-0.2, 0) is 0 Å². The molecule has 33 heavy (non-hydrogen) atoms. The van der Waals surface area contributed by atoms with E-state index in [1.165, 1.54) is 29.8 Å². The second kappa shape index (κ2) is 9.05. The van der Waals surface area contributed by atoms with Crippen molar-refractivity contribution in [1.82, 2.24) is 15.5 Å². The second-order valence-corrected chi connectivity index (χ2v) is 13.6. The molecule has 2 fully saturated rings. The summed E-state index contributed by atoms with van der Waals surface area (Å²) in [6.45, 7) is 22.0. The van der Waals surface area contributed by atoms with E-state index in [0.29, 0.717) is 12.1 Å². The van der Waals surface area contributed by atoms with Crippen LogP contribution < -0.4 is 20.9 Å². The molecule has 0 spiro atoms. The number of hydrogen-bond acceptors (Lipinski definition) is 5. The predicted octanol–water partition coefficient (Wildman–Crippen LogP) is 5.35. The molecule has 1 aromatic rings. The van der Waals surface area contributed by atoms with Crippen molar-refractivity contribution in [3.63, 3.8) is 0 Å². The third-order valence-corrected chi connectivity index (χ3v) is 7.46. The van der Waals surface area contributed by atoms with Gasteiger partial charge in [0.2, 0.25) is 0 Å². The van der Waals surface area contributed by atoms with E-state index >= 15 is 0 Å². The van der Waals surface area contributed by atoms with Crippen LogP contribution in [0.2, 0.25) is 0 Å². The van der Waals surface area contributed by atoms with Gasteiger partial charge in [0.15, 0.2) is 0 Å². The standard InChI is InChI=1S/C28H51N5/c1-20-12-21(29-10)14-22(13-20)33(24-17-27(6,7)31-28(8,9)18-24)19-32(11)23-15-25(2,3)30-26(4,5)16-23/h12-14,23-24,29-31H,15-19H2,1-11H3. The summed E-state index contributed by atoms with van der Waals surface area (Å²) in [5, 5.41) is 11.1. The summed E-state index contributed by atoms with van der Waals surface area (Å²) in [4.78, 5) is 5.31. The van der Waals surface area contributed by atoms with E-state index in [1.54, 1.807) is 0 Å². The van der Waals surface area contributed by atoms with Crippen molar-refractivity contribution in [2.24, 2.45) is 0 Å². The van der Waals surface area contributed by atoms with E-state index in [9.17, 15) is 0 Å². The quantitative estimate of drug-likeness (QED) is 0.503. The minimum absolute atomic E-state index is 0.109. The molecule has 5 nitrogen and oxygen atoms in total. The lowest BCUT2D eigenvalue weighted by atomic mass is 9.78. The van der Waals surface area contributed by atoms with Crippen molar-refractivity contribution >= 4 is 11.4 Å². The van der Waals surface area contributed by atoms with Gasteiger partial charge in [0.05, 0.1) is 6.67 Å².